The molecule has 2 rings (SSSR count). The van der Waals surface area contributed by atoms with E-state index in [1.54, 1.807) is 6.92 Å². The van der Waals surface area contributed by atoms with Crippen molar-refractivity contribution in [3.63, 3.8) is 0 Å². The van der Waals surface area contributed by atoms with Gasteiger partial charge in [-0.3, -0.25) is 9.79 Å². The first kappa shape index (κ1) is 10.2. The molecule has 0 aromatic rings. The molecule has 4 nitrogen and oxygen atoms in total. The van der Waals surface area contributed by atoms with Crippen molar-refractivity contribution in [1.82, 2.24) is 10.2 Å². The first-order valence-corrected chi connectivity index (χ1v) is 5.40. The maximum Gasteiger partial charge on any atom is 0.216 e. The average molecular weight is 207 g/mol. The first-order chi connectivity index (χ1) is 7.15. The lowest BCUT2D eigenvalue weighted by atomic mass is 10.1. The predicted octanol–water partition coefficient (Wildman–Crippen LogP) is 0.759. The molecule has 0 unspecified atom stereocenters. The molecule has 1 saturated heterocycles. The van der Waals surface area contributed by atoms with Gasteiger partial charge in [-0.15, -0.1) is 0 Å². The summed E-state index contributed by atoms with van der Waals surface area (Å²) in [4.78, 5) is 17.3. The van der Waals surface area contributed by atoms with Crippen molar-refractivity contribution in [3.8, 4) is 0 Å². The van der Waals surface area contributed by atoms with Crippen LogP contribution >= 0.6 is 0 Å². The van der Waals surface area contributed by atoms with Gasteiger partial charge in [-0.25, -0.2) is 0 Å². The Bertz CT molecular complexity index is 322. The van der Waals surface area contributed by atoms with E-state index in [4.69, 9.17) is 0 Å². The fraction of sp³-hybridized carbons (Fsp3) is 0.636. The highest BCUT2D eigenvalue weighted by Gasteiger charge is 2.27. The summed E-state index contributed by atoms with van der Waals surface area (Å²) in [5.41, 5.74) is 1.35. The van der Waals surface area contributed by atoms with Crippen LogP contribution < -0.4 is 5.32 Å². The van der Waals surface area contributed by atoms with Crippen LogP contribution in [0.3, 0.4) is 0 Å². The Morgan fingerprint density at radius 1 is 1.73 bits per heavy atom. The largest absolute Gasteiger partial charge is 0.356 e. The van der Waals surface area contributed by atoms with Crippen LogP contribution in [-0.4, -0.2) is 36.3 Å². The summed E-state index contributed by atoms with van der Waals surface area (Å²) >= 11 is 0. The van der Waals surface area contributed by atoms with Gasteiger partial charge in [0.15, 0.2) is 0 Å². The highest BCUT2D eigenvalue weighted by atomic mass is 16.1. The molecule has 2 heterocycles. The lowest BCUT2D eigenvalue weighted by molar-refractivity contribution is -0.119. The summed E-state index contributed by atoms with van der Waals surface area (Å²) in [6, 6.07) is 0.302. The molecule has 0 bridgehead atoms. The summed E-state index contributed by atoms with van der Waals surface area (Å²) in [6.07, 6.45) is 5.18. The van der Waals surface area contributed by atoms with E-state index in [0.29, 0.717) is 12.0 Å². The van der Waals surface area contributed by atoms with Gasteiger partial charge in [0.25, 0.3) is 0 Å². The van der Waals surface area contributed by atoms with Crippen LogP contribution in [0.15, 0.2) is 16.8 Å². The van der Waals surface area contributed by atoms with Crippen molar-refractivity contribution in [3.05, 3.63) is 11.8 Å². The van der Waals surface area contributed by atoms with E-state index in [0.717, 1.165) is 19.5 Å². The van der Waals surface area contributed by atoms with Crippen LogP contribution in [-0.2, 0) is 4.79 Å². The van der Waals surface area contributed by atoms with E-state index < -0.39 is 0 Å². The third kappa shape index (κ3) is 2.37. The number of amides is 1. The van der Waals surface area contributed by atoms with Crippen molar-refractivity contribution in [2.75, 3.05) is 13.1 Å². The SMILES string of the molecule is CC(=O)NC[C@H]1CC2=C[C@H](C)N=CN2C1. The number of hydrogen-bond acceptors (Lipinski definition) is 3. The Morgan fingerprint density at radius 3 is 3.27 bits per heavy atom. The molecule has 2 atom stereocenters. The summed E-state index contributed by atoms with van der Waals surface area (Å²) in [5.74, 6) is 0.577. The molecular formula is C11H17N3O. The number of nitrogens with zero attached hydrogens (tertiary/aromatic N) is 2. The van der Waals surface area contributed by atoms with E-state index in [-0.39, 0.29) is 5.91 Å². The van der Waals surface area contributed by atoms with Crippen molar-refractivity contribution >= 4 is 12.2 Å². The Kier molecular flexibility index (Phi) is 2.75. The molecule has 15 heavy (non-hydrogen) atoms. The molecule has 1 fully saturated rings. The second kappa shape index (κ2) is 4.04. The highest BCUT2D eigenvalue weighted by molar-refractivity contribution is 5.72. The number of allylic oxidation sites excluding steroid dienone is 1. The Balaban J connectivity index is 1.91. The summed E-state index contributed by atoms with van der Waals surface area (Å²) in [6.45, 7) is 5.39. The smallest absolute Gasteiger partial charge is 0.216 e. The molecule has 0 radical (unpaired) electrons. The molecule has 0 spiro atoms. The lowest BCUT2D eigenvalue weighted by Gasteiger charge is -2.19. The molecule has 0 aromatic carbocycles. The van der Waals surface area contributed by atoms with Gasteiger partial charge >= 0.3 is 0 Å². The van der Waals surface area contributed by atoms with Crippen molar-refractivity contribution in [1.29, 1.82) is 0 Å². The number of hydrogen-bond donors (Lipinski definition) is 1. The Morgan fingerprint density at radius 2 is 2.53 bits per heavy atom. The zero-order valence-electron chi connectivity index (χ0n) is 9.23. The molecule has 2 aliphatic heterocycles. The fourth-order valence-corrected chi connectivity index (χ4v) is 2.09. The van der Waals surface area contributed by atoms with Gasteiger partial charge in [-0.2, -0.15) is 0 Å². The number of carbonyl (C=O) groups is 1. The third-order valence-electron chi connectivity index (χ3n) is 2.84. The van der Waals surface area contributed by atoms with Gasteiger partial charge in [0.05, 0.1) is 12.4 Å². The Labute approximate surface area is 90.1 Å². The van der Waals surface area contributed by atoms with Crippen LogP contribution in [0, 0.1) is 5.92 Å². The van der Waals surface area contributed by atoms with E-state index >= 15 is 0 Å². The van der Waals surface area contributed by atoms with Gasteiger partial charge in [0, 0.05) is 25.7 Å². The topological polar surface area (TPSA) is 44.7 Å². The van der Waals surface area contributed by atoms with Gasteiger partial charge in [0.2, 0.25) is 5.91 Å². The third-order valence-corrected chi connectivity index (χ3v) is 2.84. The van der Waals surface area contributed by atoms with Gasteiger partial charge in [-0.05, 0) is 25.3 Å². The summed E-state index contributed by atoms with van der Waals surface area (Å²) < 4.78 is 0. The monoisotopic (exact) mass is 207 g/mol. The maximum absolute atomic E-state index is 10.8. The van der Waals surface area contributed by atoms with Crippen molar-refractivity contribution < 1.29 is 4.79 Å². The van der Waals surface area contributed by atoms with Crippen LogP contribution in [0.25, 0.3) is 0 Å². The first-order valence-electron chi connectivity index (χ1n) is 5.40. The number of nitrogens with one attached hydrogen (secondary N) is 1. The molecule has 82 valence electrons. The molecule has 1 amide bonds. The fourth-order valence-electron chi connectivity index (χ4n) is 2.09. The average Bonchev–Trinajstić information content (AvgIpc) is 2.56. The standard InChI is InChI=1S/C11H17N3O/c1-8-3-11-4-10(5-12-9(2)15)6-14(11)7-13-8/h3,7-8,10H,4-6H2,1-2H3,(H,12,15)/t8-,10+/m0/s1. The maximum atomic E-state index is 10.8. The van der Waals surface area contributed by atoms with Gasteiger partial charge in [0.1, 0.15) is 0 Å². The van der Waals surface area contributed by atoms with Gasteiger partial charge < -0.3 is 10.2 Å². The summed E-state index contributed by atoms with van der Waals surface area (Å²) in [5, 5.41) is 2.87. The summed E-state index contributed by atoms with van der Waals surface area (Å²) in [7, 11) is 0. The second-order valence-electron chi connectivity index (χ2n) is 4.32. The molecule has 2 aliphatic rings. The molecular weight excluding hydrogens is 190 g/mol. The number of aliphatic imine (C=N–C) groups is 1. The number of rotatable bonds is 2. The zero-order chi connectivity index (χ0) is 10.8. The molecule has 0 saturated carbocycles. The van der Waals surface area contributed by atoms with E-state index in [1.807, 2.05) is 6.34 Å². The van der Waals surface area contributed by atoms with Crippen molar-refractivity contribution in [2.45, 2.75) is 26.3 Å². The molecule has 0 aliphatic carbocycles. The molecule has 4 heteroatoms. The predicted molar refractivity (Wildman–Crippen MR) is 59.5 cm³/mol. The lowest BCUT2D eigenvalue weighted by Crippen LogP contribution is -2.29. The number of fused-ring (bicyclic) bond motifs is 1. The minimum absolute atomic E-state index is 0.0517. The van der Waals surface area contributed by atoms with E-state index in [9.17, 15) is 4.79 Å². The van der Waals surface area contributed by atoms with Crippen LogP contribution in [0.4, 0.5) is 0 Å². The van der Waals surface area contributed by atoms with Crippen LogP contribution in [0.1, 0.15) is 20.3 Å². The van der Waals surface area contributed by atoms with Crippen LogP contribution in [0.5, 0.6) is 0 Å². The normalized spacial score (nSPS) is 28.7. The van der Waals surface area contributed by atoms with Crippen molar-refractivity contribution in [2.24, 2.45) is 10.9 Å². The van der Waals surface area contributed by atoms with E-state index in [2.05, 4.69) is 28.2 Å². The van der Waals surface area contributed by atoms with E-state index in [1.165, 1.54) is 5.70 Å². The minimum atomic E-state index is 0.0517. The highest BCUT2D eigenvalue weighted by Crippen LogP contribution is 2.27. The quantitative estimate of drug-likeness (QED) is 0.726. The molecule has 1 N–H and O–H groups in total. The van der Waals surface area contributed by atoms with Crippen LogP contribution in [0.2, 0.25) is 0 Å². The second-order valence-corrected chi connectivity index (χ2v) is 4.32. The Hall–Kier alpha value is -1.32. The number of carbonyl (C=O) groups excluding carboxylic acids is 1. The zero-order valence-corrected chi connectivity index (χ0v) is 9.23. The minimum Gasteiger partial charge on any atom is -0.356 e. The van der Waals surface area contributed by atoms with Gasteiger partial charge in [-0.1, -0.05) is 0 Å². The molecule has 0 aromatic heterocycles.